The van der Waals surface area contributed by atoms with Gasteiger partial charge in [0.25, 0.3) is 0 Å². The normalized spacial score (nSPS) is 10.5. The molecule has 0 N–H and O–H groups in total. The Kier molecular flexibility index (Phi) is 22.0. The van der Waals surface area contributed by atoms with Gasteiger partial charge in [0.2, 0.25) is 0 Å². The number of ether oxygens (including phenoxy) is 7. The number of unbranched alkanes of at least 4 members (excludes halogenated alkanes) is 7. The van der Waals surface area contributed by atoms with E-state index in [2.05, 4.69) is 36.8 Å². The Labute approximate surface area is 461 Å². The molecular formula is C67H62O12. The number of benzene rings is 7. The number of rotatable bonds is 26. The number of esters is 5. The molecule has 0 atom stereocenters. The van der Waals surface area contributed by atoms with Crippen molar-refractivity contribution in [3.05, 3.63) is 204 Å². The largest absolute Gasteiger partial charge is 0.494 e. The first kappa shape index (κ1) is 57.3. The highest BCUT2D eigenvalue weighted by atomic mass is 16.6. The molecule has 0 bridgehead atoms. The lowest BCUT2D eigenvalue weighted by Crippen LogP contribution is -2.14. The van der Waals surface area contributed by atoms with E-state index in [0.717, 1.165) is 102 Å². The fourth-order valence-electron chi connectivity index (χ4n) is 7.94. The molecule has 0 saturated heterocycles. The van der Waals surface area contributed by atoms with E-state index in [0.29, 0.717) is 44.0 Å². The molecule has 0 aromatic heterocycles. The van der Waals surface area contributed by atoms with Crippen molar-refractivity contribution < 1.29 is 57.1 Å². The van der Waals surface area contributed by atoms with Crippen LogP contribution in [0.3, 0.4) is 0 Å². The highest BCUT2D eigenvalue weighted by Crippen LogP contribution is 2.28. The van der Waals surface area contributed by atoms with Gasteiger partial charge in [-0.3, -0.25) is 0 Å². The molecule has 0 heterocycles. The Bertz CT molecular complexity index is 3400. The maximum Gasteiger partial charge on any atom is 0.343 e. The number of carbonyl (C=O) groups excluding carboxylic acids is 5. The second-order valence-corrected chi connectivity index (χ2v) is 18.3. The van der Waals surface area contributed by atoms with E-state index in [9.17, 15) is 24.0 Å². The van der Waals surface area contributed by atoms with Crippen molar-refractivity contribution in [2.45, 2.75) is 71.1 Å². The fourth-order valence-corrected chi connectivity index (χ4v) is 7.94. The van der Waals surface area contributed by atoms with Crippen LogP contribution in [0.15, 0.2) is 165 Å². The van der Waals surface area contributed by atoms with Gasteiger partial charge in [0, 0.05) is 34.4 Å². The highest BCUT2D eigenvalue weighted by Gasteiger charge is 2.21. The molecule has 0 aliphatic rings. The van der Waals surface area contributed by atoms with Crippen molar-refractivity contribution in [2.75, 3.05) is 33.0 Å². The number of hydrogen-bond donors (Lipinski definition) is 0. The Hall–Kier alpha value is -9.39. The summed E-state index contributed by atoms with van der Waals surface area (Å²) < 4.78 is 38.9. The number of fused-ring (bicyclic) bond motifs is 2. The van der Waals surface area contributed by atoms with Crippen LogP contribution in [0.25, 0.3) is 21.5 Å². The minimum atomic E-state index is -0.734. The second-order valence-electron chi connectivity index (χ2n) is 18.3. The lowest BCUT2D eigenvalue weighted by Gasteiger charge is -2.12. The standard InChI is InChI=1S/C67H62O12/c1-4-7-38-77-67(72)61-47-60(78-65(70)52-26-20-48(21-27-52)16-18-50-24-30-56-45-58(34-32-54(56)43-50)73-39-12-8-10-14-41-75-63(68)5-2)36-37-62(61)79-66(71)53-28-22-49(23-29-53)17-19-51-25-31-57-46-59(35-33-55(57)44-51)74-40-13-9-11-15-42-76-64(69)6-3/h5-6,20-37,43-47H,2-4,7-15,38-42H2,1H3. The predicted octanol–water partition coefficient (Wildman–Crippen LogP) is 13.5. The van der Waals surface area contributed by atoms with Gasteiger partial charge in [-0.05, 0) is 195 Å². The number of hydrogen-bond acceptors (Lipinski definition) is 12. The molecule has 0 unspecified atom stereocenters. The molecular weight excluding hydrogens is 997 g/mol. The Morgan fingerprint density at radius 3 is 1.28 bits per heavy atom. The first-order valence-electron chi connectivity index (χ1n) is 26.5. The van der Waals surface area contributed by atoms with Gasteiger partial charge in [0.15, 0.2) is 0 Å². The summed E-state index contributed by atoms with van der Waals surface area (Å²) in [5.41, 5.74) is 3.43. The van der Waals surface area contributed by atoms with Gasteiger partial charge >= 0.3 is 29.8 Å². The SMILES string of the molecule is C=CC(=O)OCCCCCCOc1ccc2cc(C#Cc3ccc(C(=O)Oc4ccc(OC(=O)c5ccc(C#Cc6ccc7cc(OCCCCCCOC(=O)C=C)ccc7c6)cc5)c(C(=O)OCCCC)c4)cc3)ccc2c1. The highest BCUT2D eigenvalue weighted by molar-refractivity contribution is 5.97. The van der Waals surface area contributed by atoms with Crippen LogP contribution >= 0.6 is 0 Å². The van der Waals surface area contributed by atoms with E-state index in [1.807, 2.05) is 79.7 Å². The van der Waals surface area contributed by atoms with Crippen LogP contribution in [0.4, 0.5) is 0 Å². The maximum absolute atomic E-state index is 13.4. The van der Waals surface area contributed by atoms with E-state index >= 15 is 0 Å². The van der Waals surface area contributed by atoms with E-state index in [1.54, 1.807) is 48.5 Å². The van der Waals surface area contributed by atoms with Crippen molar-refractivity contribution in [3.8, 4) is 46.7 Å². The van der Waals surface area contributed by atoms with Gasteiger partial charge in [0.05, 0.1) is 44.2 Å². The maximum atomic E-state index is 13.4. The summed E-state index contributed by atoms with van der Waals surface area (Å²) in [6, 6.07) is 41.3. The van der Waals surface area contributed by atoms with E-state index in [-0.39, 0.29) is 34.8 Å². The third kappa shape index (κ3) is 18.4. The Balaban J connectivity index is 0.899. The molecule has 79 heavy (non-hydrogen) atoms. The van der Waals surface area contributed by atoms with Crippen molar-refractivity contribution >= 4 is 51.4 Å². The minimum Gasteiger partial charge on any atom is -0.494 e. The molecule has 0 fully saturated rings. The van der Waals surface area contributed by atoms with Crippen LogP contribution in [0.1, 0.15) is 124 Å². The van der Waals surface area contributed by atoms with Crippen LogP contribution in [0.2, 0.25) is 0 Å². The zero-order valence-corrected chi connectivity index (χ0v) is 44.4. The fraction of sp³-hybridized carbons (Fsp3) is 0.239. The Morgan fingerprint density at radius 2 is 0.797 bits per heavy atom. The molecule has 0 saturated carbocycles. The van der Waals surface area contributed by atoms with Crippen molar-refractivity contribution in [2.24, 2.45) is 0 Å². The molecule has 7 aromatic carbocycles. The summed E-state index contributed by atoms with van der Waals surface area (Å²) in [6.45, 7) is 10.9. The van der Waals surface area contributed by atoms with Gasteiger partial charge in [-0.2, -0.15) is 0 Å². The summed E-state index contributed by atoms with van der Waals surface area (Å²) in [6.07, 6.45) is 11.0. The smallest absolute Gasteiger partial charge is 0.343 e. The van der Waals surface area contributed by atoms with Crippen LogP contribution in [-0.2, 0) is 23.8 Å². The quantitative estimate of drug-likeness (QED) is 0.0127. The van der Waals surface area contributed by atoms with Gasteiger partial charge in [-0.1, -0.05) is 74.4 Å². The zero-order valence-electron chi connectivity index (χ0n) is 44.4. The average Bonchev–Trinajstić information content (AvgIpc) is 3.50. The van der Waals surface area contributed by atoms with Crippen LogP contribution in [0, 0.1) is 23.7 Å². The van der Waals surface area contributed by atoms with E-state index in [4.69, 9.17) is 33.2 Å². The first-order chi connectivity index (χ1) is 38.6. The summed E-state index contributed by atoms with van der Waals surface area (Å²) in [7, 11) is 0. The summed E-state index contributed by atoms with van der Waals surface area (Å²) in [5.74, 6) is 11.4. The molecule has 0 radical (unpaired) electrons. The third-order valence-electron chi connectivity index (χ3n) is 12.3. The van der Waals surface area contributed by atoms with Crippen LogP contribution < -0.4 is 18.9 Å². The summed E-state index contributed by atoms with van der Waals surface area (Å²) >= 11 is 0. The van der Waals surface area contributed by atoms with Gasteiger partial charge in [0.1, 0.15) is 28.6 Å². The molecule has 0 spiro atoms. The Morgan fingerprint density at radius 1 is 0.392 bits per heavy atom. The molecule has 7 aromatic rings. The third-order valence-corrected chi connectivity index (χ3v) is 12.3. The van der Waals surface area contributed by atoms with Crippen LogP contribution in [0.5, 0.6) is 23.0 Å². The summed E-state index contributed by atoms with van der Waals surface area (Å²) in [4.78, 5) is 62.4. The molecule has 0 aliphatic carbocycles. The lowest BCUT2D eigenvalue weighted by molar-refractivity contribution is -0.138. The molecule has 402 valence electrons. The van der Waals surface area contributed by atoms with Gasteiger partial charge in [-0.25, -0.2) is 24.0 Å². The number of carbonyl (C=O) groups is 5. The molecule has 0 aliphatic heterocycles. The van der Waals surface area contributed by atoms with Crippen molar-refractivity contribution in [1.29, 1.82) is 0 Å². The molecule has 12 nitrogen and oxygen atoms in total. The lowest BCUT2D eigenvalue weighted by atomic mass is 10.1. The molecule has 0 amide bonds. The first-order valence-corrected chi connectivity index (χ1v) is 26.5. The summed E-state index contributed by atoms with van der Waals surface area (Å²) in [5, 5.41) is 4.09. The average molecular weight is 1060 g/mol. The van der Waals surface area contributed by atoms with Gasteiger partial charge < -0.3 is 33.2 Å². The zero-order chi connectivity index (χ0) is 55.6. The van der Waals surface area contributed by atoms with Crippen molar-refractivity contribution in [3.63, 3.8) is 0 Å². The molecule has 7 rings (SSSR count). The second kappa shape index (κ2) is 30.4. The van der Waals surface area contributed by atoms with Crippen LogP contribution in [-0.4, -0.2) is 62.9 Å². The van der Waals surface area contributed by atoms with E-state index in [1.165, 1.54) is 30.4 Å². The predicted molar refractivity (Wildman–Crippen MR) is 305 cm³/mol. The monoisotopic (exact) mass is 1060 g/mol. The van der Waals surface area contributed by atoms with E-state index < -0.39 is 29.8 Å². The van der Waals surface area contributed by atoms with Gasteiger partial charge in [-0.15, -0.1) is 0 Å². The topological polar surface area (TPSA) is 150 Å². The van der Waals surface area contributed by atoms with Crippen molar-refractivity contribution in [1.82, 2.24) is 0 Å². The molecule has 12 heteroatoms. The minimum absolute atomic E-state index is 0.0539.